The molecule has 0 amide bonds. The van der Waals surface area contributed by atoms with Crippen LogP contribution in [0.25, 0.3) is 0 Å². The van der Waals surface area contributed by atoms with E-state index in [1.54, 1.807) is 0 Å². The number of carbonyl (C=O) groups excluding carboxylic acids is 1. The maximum absolute atomic E-state index is 13.7. The number of benzene rings is 1. The van der Waals surface area contributed by atoms with Crippen molar-refractivity contribution in [2.75, 3.05) is 13.2 Å². The van der Waals surface area contributed by atoms with Gasteiger partial charge >= 0.3 is 13.7 Å². The standard InChI is InChI=1S/C23H31ClN3O9PS/c1-4-5-12-33-20(30)14(2)26-37(32,36-16-8-6-15(24)7-9-16)34-13-17-19(29)23(3,31)21(35-17)27-11-10-18(28)25-22(27)38/h6-11,14,17,19,21,29,31H,4-5,12-13H2,1-3H3,(H,26,32)(H,25,28,38)/t14-,17+,19-,21+,23?,37-/m0/s1. The molecule has 1 aliphatic heterocycles. The molecule has 0 radical (unpaired) electrons. The Kier molecular flexibility index (Phi) is 10.3. The van der Waals surface area contributed by atoms with Gasteiger partial charge in [-0.15, -0.1) is 0 Å². The van der Waals surface area contributed by atoms with Crippen LogP contribution in [-0.2, 0) is 23.4 Å². The van der Waals surface area contributed by atoms with Crippen molar-refractivity contribution in [3.63, 3.8) is 0 Å². The minimum Gasteiger partial charge on any atom is -0.465 e. The number of nitrogens with one attached hydrogen (secondary N) is 2. The summed E-state index contributed by atoms with van der Waals surface area (Å²) in [6.45, 7) is 4.40. The van der Waals surface area contributed by atoms with E-state index in [1.165, 1.54) is 54.9 Å². The lowest BCUT2D eigenvalue weighted by atomic mass is 9.96. The average molecular weight is 592 g/mol. The third-order valence-corrected chi connectivity index (χ3v) is 7.96. The number of halogens is 1. The van der Waals surface area contributed by atoms with Crippen LogP contribution in [0.2, 0.25) is 5.02 Å². The summed E-state index contributed by atoms with van der Waals surface area (Å²) in [6.07, 6.45) is -1.09. The number of H-pyrrole nitrogens is 1. The summed E-state index contributed by atoms with van der Waals surface area (Å²) in [7, 11) is -4.28. The van der Waals surface area contributed by atoms with Crippen LogP contribution < -0.4 is 15.2 Å². The highest BCUT2D eigenvalue weighted by molar-refractivity contribution is 7.71. The summed E-state index contributed by atoms with van der Waals surface area (Å²) in [5, 5.41) is 24.7. The second kappa shape index (κ2) is 12.8. The van der Waals surface area contributed by atoms with Crippen LogP contribution in [0.3, 0.4) is 0 Å². The van der Waals surface area contributed by atoms with Crippen molar-refractivity contribution in [2.45, 2.75) is 63.7 Å². The van der Waals surface area contributed by atoms with Gasteiger partial charge in [0.15, 0.2) is 11.0 Å². The lowest BCUT2D eigenvalue weighted by molar-refractivity contribution is -0.145. The number of aromatic nitrogens is 2. The van der Waals surface area contributed by atoms with E-state index in [0.29, 0.717) is 11.4 Å². The highest BCUT2D eigenvalue weighted by Crippen LogP contribution is 2.47. The van der Waals surface area contributed by atoms with Crippen molar-refractivity contribution in [1.29, 1.82) is 0 Å². The zero-order valence-electron chi connectivity index (χ0n) is 21.0. The normalized spacial score (nSPS) is 25.5. The maximum atomic E-state index is 13.7. The zero-order chi connectivity index (χ0) is 28.1. The molecule has 1 saturated heterocycles. The van der Waals surface area contributed by atoms with E-state index in [9.17, 15) is 24.4 Å². The SMILES string of the molecule is CCCCOC(=O)[C@H](C)N[P@](=O)(OC[C@H]1O[C@@H](n2ccc(=O)[nH]c2=S)C(C)(O)[C@H]1O)Oc1ccc(Cl)cc1. The Morgan fingerprint density at radius 2 is 2.05 bits per heavy atom. The molecule has 6 atom stereocenters. The van der Waals surface area contributed by atoms with Gasteiger partial charge in [-0.3, -0.25) is 23.7 Å². The fourth-order valence-corrected chi connectivity index (χ4v) is 5.50. The molecule has 38 heavy (non-hydrogen) atoms. The summed E-state index contributed by atoms with van der Waals surface area (Å²) in [5.74, 6) is -0.524. The van der Waals surface area contributed by atoms with E-state index in [2.05, 4.69) is 10.1 Å². The molecule has 3 rings (SSSR count). The number of aromatic amines is 1. The minimum atomic E-state index is -4.28. The van der Waals surface area contributed by atoms with E-state index in [4.69, 9.17) is 42.3 Å². The van der Waals surface area contributed by atoms with Crippen molar-refractivity contribution in [2.24, 2.45) is 0 Å². The molecular formula is C23H31ClN3O9PS. The summed E-state index contributed by atoms with van der Waals surface area (Å²) in [4.78, 5) is 26.3. The number of rotatable bonds is 12. The molecule has 1 aromatic heterocycles. The minimum absolute atomic E-state index is 0.0367. The molecule has 1 unspecified atom stereocenters. The van der Waals surface area contributed by atoms with Crippen LogP contribution in [0, 0.1) is 4.77 Å². The van der Waals surface area contributed by atoms with Crippen LogP contribution in [0.4, 0.5) is 0 Å². The van der Waals surface area contributed by atoms with Crippen molar-refractivity contribution in [3.8, 4) is 5.75 Å². The molecule has 2 heterocycles. The van der Waals surface area contributed by atoms with E-state index < -0.39 is 56.0 Å². The fraction of sp³-hybridized carbons (Fsp3) is 0.522. The highest BCUT2D eigenvalue weighted by Gasteiger charge is 2.53. The number of aliphatic hydroxyl groups is 2. The van der Waals surface area contributed by atoms with Gasteiger partial charge in [-0.1, -0.05) is 24.9 Å². The Morgan fingerprint density at radius 3 is 2.68 bits per heavy atom. The Hall–Kier alpha value is -2.09. The Labute approximate surface area is 229 Å². The van der Waals surface area contributed by atoms with Gasteiger partial charge in [0.1, 0.15) is 29.6 Å². The lowest BCUT2D eigenvalue weighted by Crippen LogP contribution is -2.45. The molecule has 0 spiro atoms. The molecule has 15 heteroatoms. The molecule has 1 aromatic carbocycles. The van der Waals surface area contributed by atoms with Crippen LogP contribution in [0.1, 0.15) is 39.8 Å². The van der Waals surface area contributed by atoms with E-state index >= 15 is 0 Å². The van der Waals surface area contributed by atoms with Gasteiger partial charge in [0.05, 0.1) is 13.2 Å². The topological polar surface area (TPSA) is 161 Å². The number of carbonyl (C=O) groups is 1. The molecule has 0 saturated carbocycles. The third kappa shape index (κ3) is 7.51. The maximum Gasteiger partial charge on any atom is 0.459 e. The van der Waals surface area contributed by atoms with Gasteiger partial charge in [-0.2, -0.15) is 5.09 Å². The first kappa shape index (κ1) is 30.5. The second-order valence-corrected chi connectivity index (χ2v) is 11.4. The number of unbranched alkanes of at least 4 members (excludes halogenated alkanes) is 1. The van der Waals surface area contributed by atoms with Gasteiger partial charge in [-0.25, -0.2) is 4.57 Å². The molecule has 1 aliphatic rings. The molecule has 0 aliphatic carbocycles. The fourth-order valence-electron chi connectivity index (χ4n) is 3.62. The molecule has 0 bridgehead atoms. The number of esters is 1. The van der Waals surface area contributed by atoms with Crippen molar-refractivity contribution in [3.05, 3.63) is 56.7 Å². The van der Waals surface area contributed by atoms with Crippen LogP contribution in [-0.4, -0.2) is 62.8 Å². The Balaban J connectivity index is 1.78. The van der Waals surface area contributed by atoms with Crippen molar-refractivity contribution in [1.82, 2.24) is 14.6 Å². The number of ether oxygens (including phenoxy) is 2. The second-order valence-electron chi connectivity index (χ2n) is 8.93. The first-order valence-electron chi connectivity index (χ1n) is 11.9. The Morgan fingerprint density at radius 1 is 1.37 bits per heavy atom. The van der Waals surface area contributed by atoms with Crippen LogP contribution >= 0.6 is 31.6 Å². The number of hydrogen-bond donors (Lipinski definition) is 4. The predicted octanol–water partition coefficient (Wildman–Crippen LogP) is 3.09. The highest BCUT2D eigenvalue weighted by atomic mass is 35.5. The monoisotopic (exact) mass is 591 g/mol. The van der Waals surface area contributed by atoms with Gasteiger partial charge < -0.3 is 24.2 Å². The van der Waals surface area contributed by atoms with E-state index in [-0.39, 0.29) is 17.1 Å². The van der Waals surface area contributed by atoms with E-state index in [1.807, 2.05) is 6.92 Å². The van der Waals surface area contributed by atoms with Gasteiger partial charge in [0.25, 0.3) is 5.56 Å². The molecule has 210 valence electrons. The summed E-state index contributed by atoms with van der Waals surface area (Å²) >= 11 is 11.1. The Bertz CT molecular complexity index is 1270. The first-order valence-corrected chi connectivity index (χ1v) is 14.2. The summed E-state index contributed by atoms with van der Waals surface area (Å²) < 4.78 is 37.1. The number of nitrogens with zero attached hydrogens (tertiary/aromatic N) is 1. The average Bonchev–Trinajstić information content (AvgIpc) is 3.08. The van der Waals surface area contributed by atoms with E-state index in [0.717, 1.165) is 6.42 Å². The van der Waals surface area contributed by atoms with Gasteiger partial charge in [0, 0.05) is 17.3 Å². The largest absolute Gasteiger partial charge is 0.465 e. The molecular weight excluding hydrogens is 561 g/mol. The summed E-state index contributed by atoms with van der Waals surface area (Å²) in [5.41, 5.74) is -2.31. The smallest absolute Gasteiger partial charge is 0.459 e. The first-order chi connectivity index (χ1) is 17.9. The number of hydrogen-bond acceptors (Lipinski definition) is 10. The lowest BCUT2D eigenvalue weighted by Gasteiger charge is -2.28. The molecule has 1 fully saturated rings. The van der Waals surface area contributed by atoms with Crippen molar-refractivity contribution >= 4 is 37.5 Å². The molecule has 4 N–H and O–H groups in total. The third-order valence-electron chi connectivity index (χ3n) is 5.75. The summed E-state index contributed by atoms with van der Waals surface area (Å²) in [6, 6.07) is 6.07. The van der Waals surface area contributed by atoms with Crippen LogP contribution in [0.15, 0.2) is 41.3 Å². The zero-order valence-corrected chi connectivity index (χ0v) is 23.5. The molecule has 2 aromatic rings. The van der Waals surface area contributed by atoms with Gasteiger partial charge in [-0.05, 0) is 56.8 Å². The predicted molar refractivity (Wildman–Crippen MR) is 141 cm³/mol. The molecule has 12 nitrogen and oxygen atoms in total. The van der Waals surface area contributed by atoms with Gasteiger partial charge in [0.2, 0.25) is 0 Å². The van der Waals surface area contributed by atoms with Crippen LogP contribution in [0.5, 0.6) is 5.75 Å². The number of aliphatic hydroxyl groups excluding tert-OH is 1. The van der Waals surface area contributed by atoms with Crippen molar-refractivity contribution < 1.29 is 38.1 Å². The quantitative estimate of drug-likeness (QED) is 0.124.